The van der Waals surface area contributed by atoms with Gasteiger partial charge < -0.3 is 20.6 Å². The van der Waals surface area contributed by atoms with Gasteiger partial charge in [0, 0.05) is 69.3 Å². The molecular weight excluding hydrogens is 314 g/mol. The molecule has 0 bridgehead atoms. The molecule has 1 aromatic carbocycles. The normalized spacial score (nSPS) is 22.3. The number of hydrazine groups is 1. The highest BCUT2D eigenvalue weighted by molar-refractivity contribution is 5.60. The summed E-state index contributed by atoms with van der Waals surface area (Å²) in [6.07, 6.45) is 1.31. The molecule has 3 N–H and O–H groups in total. The number of piperazine rings is 2. The molecule has 1 atom stereocenters. The Bertz CT molecular complexity index is 551. The van der Waals surface area contributed by atoms with Crippen molar-refractivity contribution in [2.45, 2.75) is 25.9 Å². The van der Waals surface area contributed by atoms with E-state index in [9.17, 15) is 5.11 Å². The lowest BCUT2D eigenvalue weighted by Crippen LogP contribution is -2.58. The molecule has 0 aromatic heterocycles. The first kappa shape index (κ1) is 18.5. The van der Waals surface area contributed by atoms with Crippen LogP contribution >= 0.6 is 0 Å². The zero-order valence-electron chi connectivity index (χ0n) is 15.7. The molecule has 2 heterocycles. The van der Waals surface area contributed by atoms with Crippen LogP contribution in [0.4, 0.5) is 11.4 Å². The van der Waals surface area contributed by atoms with Gasteiger partial charge in [0.15, 0.2) is 0 Å². The highest BCUT2D eigenvalue weighted by Gasteiger charge is 2.26. The van der Waals surface area contributed by atoms with Gasteiger partial charge in [-0.2, -0.15) is 0 Å². The summed E-state index contributed by atoms with van der Waals surface area (Å²) in [5.41, 5.74) is 8.83. The number of nitrogens with two attached hydrogens (primary N) is 1. The summed E-state index contributed by atoms with van der Waals surface area (Å²) < 4.78 is 0. The average molecular weight is 348 g/mol. The number of rotatable bonds is 5. The molecule has 6 nitrogen and oxygen atoms in total. The van der Waals surface area contributed by atoms with E-state index < -0.39 is 6.10 Å². The quantitative estimate of drug-likeness (QED) is 0.785. The van der Waals surface area contributed by atoms with Gasteiger partial charge >= 0.3 is 0 Å². The third kappa shape index (κ3) is 4.44. The van der Waals surface area contributed by atoms with E-state index >= 15 is 0 Å². The zero-order chi connectivity index (χ0) is 17.8. The molecule has 0 saturated carbocycles. The SMILES string of the molecule is CCCC(O)c1cc(N)ccc1N1CCN(N2CCN(C)CC2)CC1. The lowest BCUT2D eigenvalue weighted by atomic mass is 10.0. The molecule has 0 amide bonds. The number of aliphatic hydroxyl groups excluding tert-OH is 1. The third-order valence-corrected chi connectivity index (χ3v) is 5.45. The predicted molar refractivity (Wildman–Crippen MR) is 104 cm³/mol. The molecule has 3 rings (SSSR count). The summed E-state index contributed by atoms with van der Waals surface area (Å²) in [4.78, 5) is 4.79. The number of hydrogen-bond donors (Lipinski definition) is 2. The minimum Gasteiger partial charge on any atom is -0.399 e. The van der Waals surface area contributed by atoms with Crippen molar-refractivity contribution >= 4 is 11.4 Å². The Morgan fingerprint density at radius 1 is 1.00 bits per heavy atom. The Hall–Kier alpha value is -1.34. The maximum Gasteiger partial charge on any atom is 0.0810 e. The molecule has 2 saturated heterocycles. The fourth-order valence-electron chi connectivity index (χ4n) is 3.86. The largest absolute Gasteiger partial charge is 0.399 e. The van der Waals surface area contributed by atoms with Crippen LogP contribution in [-0.4, -0.2) is 79.4 Å². The standard InChI is InChI=1S/C19H33N5O/c1-3-4-19(25)17-15-16(20)5-6-18(17)22-9-13-24(14-10-22)23-11-7-21(2)8-12-23/h5-6,15,19,25H,3-4,7-14,20H2,1-2H3. The van der Waals surface area contributed by atoms with E-state index in [1.165, 1.54) is 0 Å². The number of aliphatic hydroxyl groups is 1. The minimum atomic E-state index is -0.431. The van der Waals surface area contributed by atoms with E-state index in [1.807, 2.05) is 12.1 Å². The van der Waals surface area contributed by atoms with Crippen molar-refractivity contribution in [3.8, 4) is 0 Å². The highest BCUT2D eigenvalue weighted by atomic mass is 16.3. The van der Waals surface area contributed by atoms with Gasteiger partial charge in [0.2, 0.25) is 0 Å². The fourth-order valence-corrected chi connectivity index (χ4v) is 3.86. The van der Waals surface area contributed by atoms with Crippen molar-refractivity contribution in [3.05, 3.63) is 23.8 Å². The van der Waals surface area contributed by atoms with Crippen molar-refractivity contribution < 1.29 is 5.11 Å². The van der Waals surface area contributed by atoms with Gasteiger partial charge in [-0.05, 0) is 31.7 Å². The molecule has 1 aromatic rings. The van der Waals surface area contributed by atoms with Gasteiger partial charge in [0.25, 0.3) is 0 Å². The summed E-state index contributed by atoms with van der Waals surface area (Å²) >= 11 is 0. The second-order valence-electron chi connectivity index (χ2n) is 7.32. The van der Waals surface area contributed by atoms with Gasteiger partial charge in [0.05, 0.1) is 6.10 Å². The molecule has 2 aliphatic heterocycles. The summed E-state index contributed by atoms with van der Waals surface area (Å²) in [6.45, 7) is 10.7. The van der Waals surface area contributed by atoms with E-state index in [2.05, 4.69) is 39.9 Å². The number of anilines is 2. The van der Waals surface area contributed by atoms with E-state index in [0.29, 0.717) is 0 Å². The van der Waals surface area contributed by atoms with Gasteiger partial charge in [-0.25, -0.2) is 10.0 Å². The van der Waals surface area contributed by atoms with Crippen LogP contribution in [0.3, 0.4) is 0 Å². The van der Waals surface area contributed by atoms with Crippen LogP contribution in [0.5, 0.6) is 0 Å². The van der Waals surface area contributed by atoms with Crippen LogP contribution in [-0.2, 0) is 0 Å². The topological polar surface area (TPSA) is 59.2 Å². The van der Waals surface area contributed by atoms with Gasteiger partial charge in [0.1, 0.15) is 0 Å². The molecule has 2 fully saturated rings. The van der Waals surface area contributed by atoms with Crippen molar-refractivity contribution in [2.24, 2.45) is 0 Å². The molecule has 2 aliphatic rings. The lowest BCUT2D eigenvalue weighted by molar-refractivity contribution is -0.0564. The molecule has 140 valence electrons. The minimum absolute atomic E-state index is 0.431. The highest BCUT2D eigenvalue weighted by Crippen LogP contribution is 2.31. The lowest BCUT2D eigenvalue weighted by Gasteiger charge is -2.45. The number of nitrogen functional groups attached to an aromatic ring is 1. The Morgan fingerprint density at radius 3 is 2.20 bits per heavy atom. The monoisotopic (exact) mass is 347 g/mol. The van der Waals surface area contributed by atoms with E-state index in [4.69, 9.17) is 5.73 Å². The van der Waals surface area contributed by atoms with Crippen LogP contribution in [0.1, 0.15) is 31.4 Å². The van der Waals surface area contributed by atoms with Crippen LogP contribution in [0.25, 0.3) is 0 Å². The fraction of sp³-hybridized carbons (Fsp3) is 0.684. The first-order valence-corrected chi connectivity index (χ1v) is 9.59. The Balaban J connectivity index is 1.64. The molecule has 0 spiro atoms. The second kappa shape index (κ2) is 8.36. The zero-order valence-corrected chi connectivity index (χ0v) is 15.7. The number of nitrogens with zero attached hydrogens (tertiary/aromatic N) is 4. The smallest absolute Gasteiger partial charge is 0.0810 e. The molecule has 6 heteroatoms. The van der Waals surface area contributed by atoms with Crippen LogP contribution in [0.15, 0.2) is 18.2 Å². The van der Waals surface area contributed by atoms with Gasteiger partial charge in [-0.15, -0.1) is 0 Å². The predicted octanol–water partition coefficient (Wildman–Crippen LogP) is 1.39. The third-order valence-electron chi connectivity index (χ3n) is 5.45. The molecule has 25 heavy (non-hydrogen) atoms. The molecule has 0 radical (unpaired) electrons. The van der Waals surface area contributed by atoms with Crippen LogP contribution in [0.2, 0.25) is 0 Å². The number of likely N-dealkylation sites (N-methyl/N-ethyl adjacent to an activating group) is 1. The average Bonchev–Trinajstić information content (AvgIpc) is 2.63. The van der Waals surface area contributed by atoms with Crippen molar-refractivity contribution in [1.29, 1.82) is 0 Å². The molecule has 0 aliphatic carbocycles. The van der Waals surface area contributed by atoms with Crippen LogP contribution in [0, 0.1) is 0 Å². The molecular formula is C19H33N5O. The maximum absolute atomic E-state index is 10.5. The van der Waals surface area contributed by atoms with E-state index in [1.54, 1.807) is 0 Å². The second-order valence-corrected chi connectivity index (χ2v) is 7.32. The summed E-state index contributed by atoms with van der Waals surface area (Å²) in [6, 6.07) is 5.97. The van der Waals surface area contributed by atoms with Crippen molar-refractivity contribution in [3.63, 3.8) is 0 Å². The Morgan fingerprint density at radius 2 is 1.60 bits per heavy atom. The van der Waals surface area contributed by atoms with E-state index in [-0.39, 0.29) is 0 Å². The molecule has 1 unspecified atom stereocenters. The van der Waals surface area contributed by atoms with Gasteiger partial charge in [-0.3, -0.25) is 0 Å². The summed E-state index contributed by atoms with van der Waals surface area (Å²) in [7, 11) is 2.19. The van der Waals surface area contributed by atoms with Crippen molar-refractivity contribution in [2.75, 3.05) is 70.0 Å². The van der Waals surface area contributed by atoms with E-state index in [0.717, 1.165) is 82.1 Å². The number of hydrogen-bond acceptors (Lipinski definition) is 6. The van der Waals surface area contributed by atoms with Crippen molar-refractivity contribution in [1.82, 2.24) is 14.9 Å². The maximum atomic E-state index is 10.5. The Kier molecular flexibility index (Phi) is 6.17. The summed E-state index contributed by atoms with van der Waals surface area (Å²) in [5, 5.41) is 15.5. The van der Waals surface area contributed by atoms with Crippen LogP contribution < -0.4 is 10.6 Å². The number of benzene rings is 1. The summed E-state index contributed by atoms with van der Waals surface area (Å²) in [5.74, 6) is 0. The van der Waals surface area contributed by atoms with Gasteiger partial charge in [-0.1, -0.05) is 13.3 Å². The Labute approximate surface area is 151 Å². The first-order chi connectivity index (χ1) is 12.1. The first-order valence-electron chi connectivity index (χ1n) is 9.59.